The van der Waals surface area contributed by atoms with Crippen LogP contribution in [0.5, 0.6) is 0 Å². The fourth-order valence-corrected chi connectivity index (χ4v) is 5.90. The molecule has 1 heteroatoms. The molecule has 3 unspecified atom stereocenters. The normalized spacial score (nSPS) is 24.5. The van der Waals surface area contributed by atoms with Gasteiger partial charge >= 0.3 is 0 Å². The van der Waals surface area contributed by atoms with Crippen LogP contribution in [-0.4, -0.2) is 6.04 Å². The molecular weight excluding hydrogens is 326 g/mol. The first kappa shape index (κ1) is 15.5. The van der Waals surface area contributed by atoms with E-state index in [0.717, 1.165) is 0 Å². The van der Waals surface area contributed by atoms with Gasteiger partial charge in [-0.1, -0.05) is 61.4 Å². The maximum absolute atomic E-state index is 2.66. The third kappa shape index (κ3) is 2.06. The SMILES string of the molecule is Cc1ccc2c(c1)C1CCCC1N2c1ccc2c(c1)C(C)c1ccccc1-2. The molecule has 0 aromatic heterocycles. The Morgan fingerprint density at radius 3 is 2.59 bits per heavy atom. The van der Waals surface area contributed by atoms with E-state index in [1.54, 1.807) is 5.56 Å². The standard InChI is InChI=1S/C26H25N/c1-16-10-13-26-24(14-16)22-8-5-9-25(22)27(26)18-11-12-21-20-7-4-3-6-19(20)17(2)23(21)15-18/h3-4,6-7,10-15,17,22,25H,5,8-9H2,1-2H3. The van der Waals surface area contributed by atoms with Gasteiger partial charge in [-0.25, -0.2) is 0 Å². The highest BCUT2D eigenvalue weighted by Gasteiger charge is 2.42. The average molecular weight is 351 g/mol. The molecule has 0 spiro atoms. The molecule has 0 saturated heterocycles. The molecule has 3 aromatic rings. The molecule has 0 N–H and O–H groups in total. The average Bonchev–Trinajstić information content (AvgIpc) is 3.35. The minimum atomic E-state index is 0.482. The van der Waals surface area contributed by atoms with Crippen LogP contribution in [0.15, 0.2) is 60.7 Å². The Morgan fingerprint density at radius 2 is 1.67 bits per heavy atom. The van der Waals surface area contributed by atoms with Crippen molar-refractivity contribution >= 4 is 11.4 Å². The van der Waals surface area contributed by atoms with Crippen LogP contribution in [0.1, 0.15) is 60.3 Å². The highest BCUT2D eigenvalue weighted by Crippen LogP contribution is 2.54. The summed E-state index contributed by atoms with van der Waals surface area (Å²) >= 11 is 0. The van der Waals surface area contributed by atoms with Gasteiger partial charge in [-0.05, 0) is 65.8 Å². The van der Waals surface area contributed by atoms with Gasteiger partial charge in [0.05, 0.1) is 0 Å². The van der Waals surface area contributed by atoms with Crippen LogP contribution < -0.4 is 4.90 Å². The van der Waals surface area contributed by atoms with E-state index in [-0.39, 0.29) is 0 Å². The highest BCUT2D eigenvalue weighted by atomic mass is 15.2. The molecule has 1 saturated carbocycles. The molecule has 3 aromatic carbocycles. The van der Waals surface area contributed by atoms with Crippen LogP contribution in [0.2, 0.25) is 0 Å². The van der Waals surface area contributed by atoms with Gasteiger partial charge in [0.1, 0.15) is 0 Å². The van der Waals surface area contributed by atoms with E-state index in [0.29, 0.717) is 17.9 Å². The van der Waals surface area contributed by atoms with Crippen molar-refractivity contribution in [3.8, 4) is 11.1 Å². The summed E-state index contributed by atoms with van der Waals surface area (Å²) < 4.78 is 0. The van der Waals surface area contributed by atoms with Gasteiger partial charge in [0, 0.05) is 29.3 Å². The number of aryl methyl sites for hydroxylation is 1. The first-order valence-electron chi connectivity index (χ1n) is 10.4. The summed E-state index contributed by atoms with van der Waals surface area (Å²) in [4.78, 5) is 2.66. The maximum Gasteiger partial charge on any atom is 0.0449 e. The van der Waals surface area contributed by atoms with E-state index < -0.39 is 0 Å². The molecule has 1 aliphatic heterocycles. The summed E-state index contributed by atoms with van der Waals surface area (Å²) in [5, 5.41) is 0. The van der Waals surface area contributed by atoms with Crippen molar-refractivity contribution in [2.75, 3.05) is 4.90 Å². The van der Waals surface area contributed by atoms with Gasteiger partial charge in [-0.2, -0.15) is 0 Å². The maximum atomic E-state index is 2.66. The molecule has 1 nitrogen and oxygen atoms in total. The Balaban J connectivity index is 1.50. The van der Waals surface area contributed by atoms with Crippen LogP contribution in [0, 0.1) is 6.92 Å². The molecule has 0 bridgehead atoms. The lowest BCUT2D eigenvalue weighted by molar-refractivity contribution is 0.641. The lowest BCUT2D eigenvalue weighted by atomic mass is 9.96. The molecule has 1 heterocycles. The number of benzene rings is 3. The van der Waals surface area contributed by atoms with Crippen molar-refractivity contribution in [2.45, 2.75) is 51.0 Å². The Morgan fingerprint density at radius 1 is 0.815 bits per heavy atom. The number of rotatable bonds is 1. The molecule has 3 atom stereocenters. The van der Waals surface area contributed by atoms with E-state index in [2.05, 4.69) is 79.4 Å². The second-order valence-electron chi connectivity index (χ2n) is 8.62. The largest absolute Gasteiger partial charge is 0.338 e. The quantitative estimate of drug-likeness (QED) is 0.460. The fourth-order valence-electron chi connectivity index (χ4n) is 5.90. The van der Waals surface area contributed by atoms with E-state index in [4.69, 9.17) is 0 Å². The van der Waals surface area contributed by atoms with Gasteiger partial charge in [0.15, 0.2) is 0 Å². The lowest BCUT2D eigenvalue weighted by Gasteiger charge is -2.28. The first-order chi connectivity index (χ1) is 13.2. The minimum Gasteiger partial charge on any atom is -0.338 e. The van der Waals surface area contributed by atoms with E-state index in [1.165, 1.54) is 58.5 Å². The monoisotopic (exact) mass is 351 g/mol. The lowest BCUT2D eigenvalue weighted by Crippen LogP contribution is -2.26. The van der Waals surface area contributed by atoms with Crippen molar-refractivity contribution in [3.05, 3.63) is 82.9 Å². The zero-order chi connectivity index (χ0) is 18.1. The Labute approximate surface area is 161 Å². The summed E-state index contributed by atoms with van der Waals surface area (Å²) in [6.45, 7) is 4.58. The summed E-state index contributed by atoms with van der Waals surface area (Å²) in [6.07, 6.45) is 4.00. The van der Waals surface area contributed by atoms with E-state index in [1.807, 2.05) is 0 Å². The van der Waals surface area contributed by atoms with Gasteiger partial charge < -0.3 is 4.90 Å². The Hall–Kier alpha value is -2.54. The third-order valence-electron chi connectivity index (χ3n) is 7.15. The number of hydrogen-bond donors (Lipinski definition) is 0. The van der Waals surface area contributed by atoms with Gasteiger partial charge in [-0.3, -0.25) is 0 Å². The van der Waals surface area contributed by atoms with Crippen LogP contribution >= 0.6 is 0 Å². The predicted octanol–water partition coefficient (Wildman–Crippen LogP) is 6.92. The number of fused-ring (bicyclic) bond motifs is 6. The van der Waals surface area contributed by atoms with Gasteiger partial charge in [0.25, 0.3) is 0 Å². The second kappa shape index (κ2) is 5.48. The topological polar surface area (TPSA) is 3.24 Å². The summed E-state index contributed by atoms with van der Waals surface area (Å²) in [5.74, 6) is 1.19. The van der Waals surface area contributed by atoms with E-state index in [9.17, 15) is 0 Å². The third-order valence-corrected chi connectivity index (χ3v) is 7.15. The van der Waals surface area contributed by atoms with Gasteiger partial charge in [-0.15, -0.1) is 0 Å². The molecule has 0 amide bonds. The second-order valence-corrected chi connectivity index (χ2v) is 8.62. The van der Waals surface area contributed by atoms with Crippen LogP contribution in [0.3, 0.4) is 0 Å². The molecule has 3 aliphatic rings. The molecule has 0 radical (unpaired) electrons. The zero-order valence-electron chi connectivity index (χ0n) is 16.1. The summed E-state index contributed by atoms with van der Waals surface area (Å²) in [7, 11) is 0. The Bertz CT molecular complexity index is 1060. The molecular formula is C26H25N. The number of anilines is 2. The van der Waals surface area contributed by atoms with Crippen molar-refractivity contribution in [1.29, 1.82) is 0 Å². The highest BCUT2D eigenvalue weighted by molar-refractivity contribution is 5.83. The predicted molar refractivity (Wildman–Crippen MR) is 113 cm³/mol. The van der Waals surface area contributed by atoms with Crippen molar-refractivity contribution < 1.29 is 0 Å². The fraction of sp³-hybridized carbons (Fsp3) is 0.308. The number of hydrogen-bond acceptors (Lipinski definition) is 1. The van der Waals surface area contributed by atoms with Crippen molar-refractivity contribution in [2.24, 2.45) is 0 Å². The van der Waals surface area contributed by atoms with Crippen LogP contribution in [0.4, 0.5) is 11.4 Å². The summed E-state index contributed by atoms with van der Waals surface area (Å²) in [5.41, 5.74) is 11.6. The van der Waals surface area contributed by atoms with Crippen LogP contribution in [0.25, 0.3) is 11.1 Å². The zero-order valence-corrected chi connectivity index (χ0v) is 16.1. The van der Waals surface area contributed by atoms with E-state index >= 15 is 0 Å². The van der Waals surface area contributed by atoms with Crippen molar-refractivity contribution in [3.63, 3.8) is 0 Å². The molecule has 1 fully saturated rings. The van der Waals surface area contributed by atoms with Gasteiger partial charge in [0.2, 0.25) is 0 Å². The molecule has 6 rings (SSSR count). The molecule has 27 heavy (non-hydrogen) atoms. The Kier molecular flexibility index (Phi) is 3.15. The minimum absolute atomic E-state index is 0.482. The molecule has 2 aliphatic carbocycles. The first-order valence-corrected chi connectivity index (χ1v) is 10.4. The van der Waals surface area contributed by atoms with Crippen LogP contribution in [-0.2, 0) is 0 Å². The van der Waals surface area contributed by atoms with Crippen molar-refractivity contribution in [1.82, 2.24) is 0 Å². The summed E-state index contributed by atoms with van der Waals surface area (Å²) in [6, 6.07) is 23.8. The number of nitrogens with zero attached hydrogens (tertiary/aromatic N) is 1. The smallest absolute Gasteiger partial charge is 0.0449 e. The molecule has 134 valence electrons.